The summed E-state index contributed by atoms with van der Waals surface area (Å²) in [5, 5.41) is 0. The van der Waals surface area contributed by atoms with Crippen molar-refractivity contribution >= 4 is 5.69 Å². The Hall–Kier alpha value is -1.02. The number of anilines is 1. The van der Waals surface area contributed by atoms with Crippen LogP contribution in [0.2, 0.25) is 0 Å². The van der Waals surface area contributed by atoms with Gasteiger partial charge in [-0.15, -0.1) is 0 Å². The number of nitrogens with two attached hydrogens (primary N) is 1. The summed E-state index contributed by atoms with van der Waals surface area (Å²) in [5.41, 5.74) is 8.86. The van der Waals surface area contributed by atoms with Crippen molar-refractivity contribution in [2.75, 3.05) is 25.4 Å². The average molecular weight is 313 g/mol. The van der Waals surface area contributed by atoms with E-state index in [1.54, 1.807) is 0 Å². The molecule has 2 nitrogen and oxygen atoms in total. The molecule has 0 aromatic heterocycles. The van der Waals surface area contributed by atoms with Crippen molar-refractivity contribution in [2.45, 2.75) is 57.3 Å². The quantitative estimate of drug-likeness (QED) is 0.814. The lowest BCUT2D eigenvalue weighted by Gasteiger charge is -2.25. The normalized spacial score (nSPS) is 34.5. The summed E-state index contributed by atoms with van der Waals surface area (Å²) in [6.45, 7) is 6.31. The molecule has 1 saturated heterocycles. The van der Waals surface area contributed by atoms with Gasteiger partial charge in [0, 0.05) is 24.2 Å². The zero-order chi connectivity index (χ0) is 15.9. The molecule has 1 aromatic rings. The van der Waals surface area contributed by atoms with Crippen LogP contribution in [0.5, 0.6) is 0 Å². The molecule has 126 valence electrons. The second kappa shape index (κ2) is 6.12. The summed E-state index contributed by atoms with van der Waals surface area (Å²) in [7, 11) is 0. The Balaban J connectivity index is 1.32. The van der Waals surface area contributed by atoms with Crippen LogP contribution in [0.4, 0.5) is 5.69 Å². The maximum atomic E-state index is 6.03. The molecule has 1 aliphatic heterocycles. The minimum Gasteiger partial charge on any atom is -0.399 e. The Labute approximate surface area is 141 Å². The lowest BCUT2D eigenvalue weighted by molar-refractivity contribution is 0.254. The minimum absolute atomic E-state index is 0.417. The molecule has 0 bridgehead atoms. The first-order valence-electron chi connectivity index (χ1n) is 9.78. The second-order valence-electron chi connectivity index (χ2n) is 8.44. The van der Waals surface area contributed by atoms with E-state index in [0.29, 0.717) is 5.41 Å². The van der Waals surface area contributed by atoms with Crippen molar-refractivity contribution in [3.63, 3.8) is 0 Å². The van der Waals surface area contributed by atoms with Crippen LogP contribution < -0.4 is 5.73 Å². The summed E-state index contributed by atoms with van der Waals surface area (Å²) < 4.78 is 0. The van der Waals surface area contributed by atoms with E-state index in [4.69, 9.17) is 5.73 Å². The first-order chi connectivity index (χ1) is 11.2. The number of nitrogens with zero attached hydrogens (tertiary/aromatic N) is 1. The molecule has 23 heavy (non-hydrogen) atoms. The fraction of sp³-hybridized carbons (Fsp3) is 0.714. The fourth-order valence-corrected chi connectivity index (χ4v) is 5.67. The van der Waals surface area contributed by atoms with E-state index < -0.39 is 0 Å². The molecule has 0 spiro atoms. The molecule has 3 aliphatic rings. The van der Waals surface area contributed by atoms with Crippen molar-refractivity contribution in [1.82, 2.24) is 4.90 Å². The predicted molar refractivity (Wildman–Crippen MR) is 97.4 cm³/mol. The molecule has 0 amide bonds. The predicted octanol–water partition coefficient (Wildman–Crippen LogP) is 4.45. The maximum absolute atomic E-state index is 6.03. The molecule has 0 radical (unpaired) electrons. The van der Waals surface area contributed by atoms with Crippen molar-refractivity contribution in [3.05, 3.63) is 29.8 Å². The molecular formula is C21H32N2. The van der Waals surface area contributed by atoms with Crippen LogP contribution >= 0.6 is 0 Å². The highest BCUT2D eigenvalue weighted by molar-refractivity contribution is 5.48. The van der Waals surface area contributed by atoms with Gasteiger partial charge in [-0.3, -0.25) is 0 Å². The molecule has 3 unspecified atom stereocenters. The number of fused-ring (bicyclic) bond motifs is 1. The lowest BCUT2D eigenvalue weighted by Crippen LogP contribution is -2.30. The van der Waals surface area contributed by atoms with Crippen LogP contribution in [0.3, 0.4) is 0 Å². The van der Waals surface area contributed by atoms with E-state index in [1.807, 2.05) is 6.07 Å². The Kier molecular flexibility index (Phi) is 4.13. The number of likely N-dealkylation sites (tertiary alicyclic amines) is 1. The van der Waals surface area contributed by atoms with Gasteiger partial charge in [-0.2, -0.15) is 0 Å². The number of nitrogen functional groups attached to an aromatic ring is 1. The van der Waals surface area contributed by atoms with Crippen LogP contribution in [0, 0.1) is 17.8 Å². The highest BCUT2D eigenvalue weighted by Crippen LogP contribution is 2.64. The zero-order valence-electron chi connectivity index (χ0n) is 14.6. The summed E-state index contributed by atoms with van der Waals surface area (Å²) in [6, 6.07) is 8.67. The number of piperidine rings is 1. The van der Waals surface area contributed by atoms with Gasteiger partial charge in [-0.1, -0.05) is 51.2 Å². The van der Waals surface area contributed by atoms with Gasteiger partial charge in [0.1, 0.15) is 0 Å². The topological polar surface area (TPSA) is 29.3 Å². The highest BCUT2D eigenvalue weighted by Gasteiger charge is 2.66. The fourth-order valence-electron chi connectivity index (χ4n) is 5.67. The summed E-state index contributed by atoms with van der Waals surface area (Å²) in [5.74, 6) is 2.72. The van der Waals surface area contributed by atoms with E-state index in [-0.39, 0.29) is 0 Å². The van der Waals surface area contributed by atoms with Gasteiger partial charge in [0.25, 0.3) is 0 Å². The SMILES string of the molecule is CC1C2CN(CCCC3CCCCC3)CC12c1cccc(N)c1. The minimum atomic E-state index is 0.417. The van der Waals surface area contributed by atoms with Crippen LogP contribution in [0.1, 0.15) is 57.4 Å². The average Bonchev–Trinajstić information content (AvgIpc) is 2.94. The highest BCUT2D eigenvalue weighted by atomic mass is 15.2. The Bertz CT molecular complexity index is 549. The van der Waals surface area contributed by atoms with E-state index in [2.05, 4.69) is 30.0 Å². The number of hydrogen-bond acceptors (Lipinski definition) is 2. The van der Waals surface area contributed by atoms with Gasteiger partial charge >= 0.3 is 0 Å². The van der Waals surface area contributed by atoms with Crippen molar-refractivity contribution in [1.29, 1.82) is 0 Å². The molecule has 2 N–H and O–H groups in total. The Morgan fingerprint density at radius 2 is 2.04 bits per heavy atom. The van der Waals surface area contributed by atoms with Crippen molar-refractivity contribution < 1.29 is 0 Å². The maximum Gasteiger partial charge on any atom is 0.0316 e. The molecule has 3 atom stereocenters. The first kappa shape index (κ1) is 15.5. The standard InChI is InChI=1S/C21H32N2/c1-16-20-14-23(12-6-9-17-7-3-2-4-8-17)15-21(16,20)18-10-5-11-19(22)13-18/h5,10-11,13,16-17,20H,2-4,6-9,12,14-15,22H2,1H3. The summed E-state index contributed by atoms with van der Waals surface area (Å²) in [6.07, 6.45) is 10.3. The molecule has 3 fully saturated rings. The molecule has 4 rings (SSSR count). The molecule has 2 saturated carbocycles. The Morgan fingerprint density at radius 3 is 2.83 bits per heavy atom. The van der Waals surface area contributed by atoms with Gasteiger partial charge in [0.15, 0.2) is 0 Å². The number of rotatable bonds is 5. The van der Waals surface area contributed by atoms with Crippen LogP contribution in [0.25, 0.3) is 0 Å². The van der Waals surface area contributed by atoms with Gasteiger partial charge in [0.05, 0.1) is 0 Å². The van der Waals surface area contributed by atoms with Gasteiger partial charge < -0.3 is 10.6 Å². The molecular weight excluding hydrogens is 280 g/mol. The van der Waals surface area contributed by atoms with E-state index in [9.17, 15) is 0 Å². The van der Waals surface area contributed by atoms with Gasteiger partial charge in [0.2, 0.25) is 0 Å². The van der Waals surface area contributed by atoms with Crippen LogP contribution in [-0.4, -0.2) is 24.5 Å². The van der Waals surface area contributed by atoms with Crippen molar-refractivity contribution in [2.24, 2.45) is 17.8 Å². The molecule has 1 aromatic carbocycles. The largest absolute Gasteiger partial charge is 0.399 e. The summed E-state index contributed by atoms with van der Waals surface area (Å²) in [4.78, 5) is 2.73. The number of benzene rings is 1. The van der Waals surface area contributed by atoms with Gasteiger partial charge in [-0.05, 0) is 54.8 Å². The van der Waals surface area contributed by atoms with Crippen LogP contribution in [0.15, 0.2) is 24.3 Å². The third-order valence-electron chi connectivity index (χ3n) is 7.14. The van der Waals surface area contributed by atoms with E-state index >= 15 is 0 Å². The smallest absolute Gasteiger partial charge is 0.0316 e. The zero-order valence-corrected chi connectivity index (χ0v) is 14.6. The first-order valence-corrected chi connectivity index (χ1v) is 9.78. The van der Waals surface area contributed by atoms with E-state index in [0.717, 1.165) is 23.4 Å². The third-order valence-corrected chi connectivity index (χ3v) is 7.14. The molecule has 2 heteroatoms. The third kappa shape index (κ3) is 2.80. The number of hydrogen-bond donors (Lipinski definition) is 1. The molecule has 1 heterocycles. The Morgan fingerprint density at radius 1 is 1.22 bits per heavy atom. The van der Waals surface area contributed by atoms with Crippen molar-refractivity contribution in [3.8, 4) is 0 Å². The van der Waals surface area contributed by atoms with E-state index in [1.165, 1.54) is 70.1 Å². The second-order valence-corrected chi connectivity index (χ2v) is 8.44. The monoisotopic (exact) mass is 312 g/mol. The van der Waals surface area contributed by atoms with Crippen LogP contribution in [-0.2, 0) is 5.41 Å². The van der Waals surface area contributed by atoms with Gasteiger partial charge in [-0.25, -0.2) is 0 Å². The summed E-state index contributed by atoms with van der Waals surface area (Å²) >= 11 is 0. The lowest BCUT2D eigenvalue weighted by atomic mass is 9.86. The molecule has 2 aliphatic carbocycles.